The second-order valence-electron chi connectivity index (χ2n) is 5.57. The van der Waals surface area contributed by atoms with Crippen LogP contribution in [0, 0.1) is 27.7 Å². The quantitative estimate of drug-likeness (QED) is 0.852. The van der Waals surface area contributed by atoms with Gasteiger partial charge in [0.1, 0.15) is 0 Å². The van der Waals surface area contributed by atoms with Crippen molar-refractivity contribution in [3.8, 4) is 0 Å². The molecule has 0 amide bonds. The van der Waals surface area contributed by atoms with Gasteiger partial charge in [-0.15, -0.1) is 0 Å². The molecule has 0 unspecified atom stereocenters. The molecule has 2 aromatic rings. The summed E-state index contributed by atoms with van der Waals surface area (Å²) in [6.07, 6.45) is 0. The van der Waals surface area contributed by atoms with Crippen LogP contribution in [0.5, 0.6) is 0 Å². The summed E-state index contributed by atoms with van der Waals surface area (Å²) in [5.41, 5.74) is 8.27. The van der Waals surface area contributed by atoms with Crippen molar-refractivity contribution in [1.82, 2.24) is 5.32 Å². The molecule has 0 saturated heterocycles. The SMILES string of the molecule is CCNC(c1cccc(C)c1C)c1cccc(C)c1C. The van der Waals surface area contributed by atoms with Crippen molar-refractivity contribution < 1.29 is 0 Å². The maximum atomic E-state index is 3.65. The molecular formula is C19H25N. The van der Waals surface area contributed by atoms with Gasteiger partial charge in [0.2, 0.25) is 0 Å². The Labute approximate surface area is 123 Å². The van der Waals surface area contributed by atoms with E-state index in [-0.39, 0.29) is 6.04 Å². The molecular weight excluding hydrogens is 242 g/mol. The topological polar surface area (TPSA) is 12.0 Å². The first-order chi connectivity index (χ1) is 9.56. The first-order valence-electron chi connectivity index (χ1n) is 7.41. The Morgan fingerprint density at radius 3 is 1.65 bits per heavy atom. The maximum absolute atomic E-state index is 3.65. The lowest BCUT2D eigenvalue weighted by atomic mass is 9.89. The number of rotatable bonds is 4. The van der Waals surface area contributed by atoms with E-state index >= 15 is 0 Å². The molecule has 1 N–H and O–H groups in total. The molecule has 0 heterocycles. The number of nitrogens with one attached hydrogen (secondary N) is 1. The highest BCUT2D eigenvalue weighted by atomic mass is 14.9. The molecule has 2 aromatic carbocycles. The van der Waals surface area contributed by atoms with Crippen LogP contribution >= 0.6 is 0 Å². The summed E-state index contributed by atoms with van der Waals surface area (Å²) < 4.78 is 0. The highest BCUT2D eigenvalue weighted by Crippen LogP contribution is 2.29. The summed E-state index contributed by atoms with van der Waals surface area (Å²) in [4.78, 5) is 0. The van der Waals surface area contributed by atoms with Crippen LogP contribution in [0.2, 0.25) is 0 Å². The standard InChI is InChI=1S/C19H25N/c1-6-20-19(17-11-7-9-13(2)15(17)4)18-12-8-10-14(3)16(18)5/h7-12,19-20H,6H2,1-5H3. The largest absolute Gasteiger partial charge is 0.307 e. The number of hydrogen-bond donors (Lipinski definition) is 1. The summed E-state index contributed by atoms with van der Waals surface area (Å²) in [5.74, 6) is 0. The van der Waals surface area contributed by atoms with E-state index < -0.39 is 0 Å². The molecule has 0 saturated carbocycles. The molecule has 0 bridgehead atoms. The third kappa shape index (κ3) is 2.78. The Morgan fingerprint density at radius 1 is 0.800 bits per heavy atom. The molecule has 0 aliphatic rings. The monoisotopic (exact) mass is 267 g/mol. The van der Waals surface area contributed by atoms with Gasteiger partial charge in [0.05, 0.1) is 6.04 Å². The first-order valence-corrected chi connectivity index (χ1v) is 7.41. The fourth-order valence-corrected chi connectivity index (χ4v) is 2.76. The van der Waals surface area contributed by atoms with Crippen LogP contribution in [0.1, 0.15) is 46.3 Å². The molecule has 0 atom stereocenters. The Bertz CT molecular complexity index is 547. The first kappa shape index (κ1) is 14.8. The molecule has 0 aliphatic carbocycles. The van der Waals surface area contributed by atoms with Gasteiger partial charge in [-0.1, -0.05) is 43.3 Å². The molecule has 0 aromatic heterocycles. The molecule has 0 radical (unpaired) electrons. The number of benzene rings is 2. The van der Waals surface area contributed by atoms with E-state index in [1.807, 2.05) is 0 Å². The van der Waals surface area contributed by atoms with Crippen molar-refractivity contribution in [2.45, 2.75) is 40.7 Å². The predicted octanol–water partition coefficient (Wildman–Crippen LogP) is 4.62. The van der Waals surface area contributed by atoms with Crippen molar-refractivity contribution >= 4 is 0 Å². The Balaban J connectivity index is 2.56. The fourth-order valence-electron chi connectivity index (χ4n) is 2.76. The molecule has 20 heavy (non-hydrogen) atoms. The second kappa shape index (κ2) is 6.23. The van der Waals surface area contributed by atoms with Gasteiger partial charge < -0.3 is 5.32 Å². The zero-order valence-electron chi connectivity index (χ0n) is 13.2. The summed E-state index contributed by atoms with van der Waals surface area (Å²) in [6, 6.07) is 13.5. The molecule has 0 aliphatic heterocycles. The minimum atomic E-state index is 0.278. The normalized spacial score (nSPS) is 11.1. The van der Waals surface area contributed by atoms with Gasteiger partial charge in [0.15, 0.2) is 0 Å². The fraction of sp³-hybridized carbons (Fsp3) is 0.368. The van der Waals surface area contributed by atoms with E-state index in [9.17, 15) is 0 Å². The minimum absolute atomic E-state index is 0.278. The van der Waals surface area contributed by atoms with E-state index in [0.29, 0.717) is 0 Å². The van der Waals surface area contributed by atoms with Gasteiger partial charge in [-0.05, 0) is 67.6 Å². The van der Waals surface area contributed by atoms with E-state index in [0.717, 1.165) is 6.54 Å². The smallest absolute Gasteiger partial charge is 0.0582 e. The van der Waals surface area contributed by atoms with Crippen LogP contribution in [0.25, 0.3) is 0 Å². The highest BCUT2D eigenvalue weighted by molar-refractivity contribution is 5.44. The number of aryl methyl sites for hydroxylation is 2. The van der Waals surface area contributed by atoms with Crippen LogP contribution in [-0.4, -0.2) is 6.54 Å². The van der Waals surface area contributed by atoms with Crippen molar-refractivity contribution in [1.29, 1.82) is 0 Å². The molecule has 1 heteroatoms. The molecule has 1 nitrogen and oxygen atoms in total. The van der Waals surface area contributed by atoms with Crippen LogP contribution in [0.15, 0.2) is 36.4 Å². The maximum Gasteiger partial charge on any atom is 0.0582 e. The highest BCUT2D eigenvalue weighted by Gasteiger charge is 2.18. The van der Waals surface area contributed by atoms with E-state index in [1.54, 1.807) is 0 Å². The van der Waals surface area contributed by atoms with Crippen LogP contribution in [0.3, 0.4) is 0 Å². The Hall–Kier alpha value is -1.60. The second-order valence-corrected chi connectivity index (χ2v) is 5.57. The Morgan fingerprint density at radius 2 is 1.25 bits per heavy atom. The average Bonchev–Trinajstić information content (AvgIpc) is 2.43. The van der Waals surface area contributed by atoms with E-state index in [2.05, 4.69) is 76.3 Å². The lowest BCUT2D eigenvalue weighted by Crippen LogP contribution is -2.24. The van der Waals surface area contributed by atoms with Crippen molar-refractivity contribution in [2.24, 2.45) is 0 Å². The molecule has 106 valence electrons. The van der Waals surface area contributed by atoms with Gasteiger partial charge in [-0.3, -0.25) is 0 Å². The Kier molecular flexibility index (Phi) is 4.61. The van der Waals surface area contributed by atoms with Crippen molar-refractivity contribution in [2.75, 3.05) is 6.54 Å². The van der Waals surface area contributed by atoms with Crippen LogP contribution in [-0.2, 0) is 0 Å². The number of hydrogen-bond acceptors (Lipinski definition) is 1. The zero-order chi connectivity index (χ0) is 14.7. The van der Waals surface area contributed by atoms with Gasteiger partial charge in [-0.2, -0.15) is 0 Å². The van der Waals surface area contributed by atoms with Gasteiger partial charge in [0, 0.05) is 0 Å². The summed E-state index contributed by atoms with van der Waals surface area (Å²) in [6.45, 7) is 11.9. The van der Waals surface area contributed by atoms with Gasteiger partial charge >= 0.3 is 0 Å². The van der Waals surface area contributed by atoms with Crippen molar-refractivity contribution in [3.05, 3.63) is 69.8 Å². The van der Waals surface area contributed by atoms with Crippen LogP contribution < -0.4 is 5.32 Å². The molecule has 2 rings (SSSR count). The van der Waals surface area contributed by atoms with Gasteiger partial charge in [-0.25, -0.2) is 0 Å². The minimum Gasteiger partial charge on any atom is -0.307 e. The molecule has 0 spiro atoms. The summed E-state index contributed by atoms with van der Waals surface area (Å²) in [5, 5.41) is 3.65. The lowest BCUT2D eigenvalue weighted by Gasteiger charge is -2.24. The van der Waals surface area contributed by atoms with Crippen LogP contribution in [0.4, 0.5) is 0 Å². The third-order valence-electron chi connectivity index (χ3n) is 4.32. The molecule has 0 fully saturated rings. The average molecular weight is 267 g/mol. The zero-order valence-corrected chi connectivity index (χ0v) is 13.2. The van der Waals surface area contributed by atoms with Gasteiger partial charge in [0.25, 0.3) is 0 Å². The van der Waals surface area contributed by atoms with E-state index in [4.69, 9.17) is 0 Å². The van der Waals surface area contributed by atoms with Crippen molar-refractivity contribution in [3.63, 3.8) is 0 Å². The third-order valence-corrected chi connectivity index (χ3v) is 4.32. The van der Waals surface area contributed by atoms with E-state index in [1.165, 1.54) is 33.4 Å². The summed E-state index contributed by atoms with van der Waals surface area (Å²) >= 11 is 0. The summed E-state index contributed by atoms with van der Waals surface area (Å²) in [7, 11) is 0. The lowest BCUT2D eigenvalue weighted by molar-refractivity contribution is 0.624. The predicted molar refractivity (Wildman–Crippen MR) is 87.4 cm³/mol.